The molecule has 59 heavy (non-hydrogen) atoms. The number of ether oxygens (including phenoxy) is 1. The van der Waals surface area contributed by atoms with E-state index < -0.39 is 0 Å². The summed E-state index contributed by atoms with van der Waals surface area (Å²) in [6.45, 7) is 0. The highest BCUT2D eigenvalue weighted by atomic mass is 16.5. The maximum absolute atomic E-state index is 7.09. The van der Waals surface area contributed by atoms with Crippen LogP contribution in [0, 0.1) is 0 Å². The van der Waals surface area contributed by atoms with E-state index in [0.717, 1.165) is 46.8 Å². The Morgan fingerprint density at radius 2 is 1.22 bits per heavy atom. The highest BCUT2D eigenvalue weighted by molar-refractivity contribution is 6.25. The van der Waals surface area contributed by atoms with Crippen molar-refractivity contribution in [1.29, 1.82) is 0 Å². The van der Waals surface area contributed by atoms with Crippen molar-refractivity contribution in [2.24, 2.45) is 0 Å². The number of fused-ring (bicyclic) bond motifs is 10. The molecule has 0 fully saturated rings. The molecule has 2 aliphatic carbocycles. The molecule has 1 aliphatic heterocycles. The third-order valence-corrected chi connectivity index (χ3v) is 13.2. The van der Waals surface area contributed by atoms with Gasteiger partial charge in [-0.05, 0) is 93.7 Å². The van der Waals surface area contributed by atoms with Crippen molar-refractivity contribution in [3.63, 3.8) is 0 Å². The zero-order valence-electron chi connectivity index (χ0n) is 32.3. The molecule has 0 N–H and O–H groups in total. The van der Waals surface area contributed by atoms with Crippen LogP contribution in [0.3, 0.4) is 0 Å². The molecule has 0 bridgehead atoms. The van der Waals surface area contributed by atoms with Gasteiger partial charge in [0.1, 0.15) is 11.5 Å². The summed E-state index contributed by atoms with van der Waals surface area (Å²) in [4.78, 5) is 0. The fourth-order valence-electron chi connectivity index (χ4n) is 10.4. The number of hydrogen-bond donors (Lipinski definition) is 0. The summed E-state index contributed by atoms with van der Waals surface area (Å²) in [7, 11) is 0. The van der Waals surface area contributed by atoms with Crippen LogP contribution in [0.2, 0.25) is 0 Å². The topological polar surface area (TPSA) is 19.1 Å². The summed E-state index contributed by atoms with van der Waals surface area (Å²) < 4.78 is 11.9. The van der Waals surface area contributed by atoms with Crippen LogP contribution in [0.1, 0.15) is 40.6 Å². The number of hydrogen-bond acceptors (Lipinski definition) is 1. The van der Waals surface area contributed by atoms with Gasteiger partial charge in [0.05, 0.1) is 16.6 Å². The summed E-state index contributed by atoms with van der Waals surface area (Å²) in [5, 5.41) is 8.65. The highest BCUT2D eigenvalue weighted by Gasteiger charge is 2.28. The van der Waals surface area contributed by atoms with E-state index in [4.69, 9.17) is 4.74 Å². The maximum Gasteiger partial charge on any atom is 0.138 e. The molecule has 2 atom stereocenters. The zero-order chi connectivity index (χ0) is 38.6. The van der Waals surface area contributed by atoms with Crippen molar-refractivity contribution in [3.8, 4) is 34.0 Å². The Labute approximate surface area is 342 Å². The number of benzene rings is 8. The largest absolute Gasteiger partial charge is 0.456 e. The van der Waals surface area contributed by atoms with Gasteiger partial charge in [-0.1, -0.05) is 140 Å². The van der Waals surface area contributed by atoms with Crippen molar-refractivity contribution < 1.29 is 4.74 Å². The first-order valence-electron chi connectivity index (χ1n) is 20.8. The minimum absolute atomic E-state index is 0.315. The molecule has 3 heteroatoms. The van der Waals surface area contributed by atoms with Gasteiger partial charge >= 0.3 is 0 Å². The second-order valence-corrected chi connectivity index (χ2v) is 16.4. The Bertz CT molecular complexity index is 3500. The van der Waals surface area contributed by atoms with Gasteiger partial charge in [0, 0.05) is 68.1 Å². The van der Waals surface area contributed by atoms with Crippen LogP contribution in [-0.2, 0) is 6.42 Å². The van der Waals surface area contributed by atoms with E-state index in [9.17, 15) is 0 Å². The lowest BCUT2D eigenvalue weighted by Gasteiger charge is -2.24. The summed E-state index contributed by atoms with van der Waals surface area (Å²) in [6, 6.07) is 58.1. The highest BCUT2D eigenvalue weighted by Crippen LogP contribution is 2.51. The zero-order valence-corrected chi connectivity index (χ0v) is 32.3. The second-order valence-electron chi connectivity index (χ2n) is 16.4. The van der Waals surface area contributed by atoms with Gasteiger partial charge < -0.3 is 13.9 Å². The van der Waals surface area contributed by atoms with Gasteiger partial charge in [-0.15, -0.1) is 0 Å². The Balaban J connectivity index is 0.943. The summed E-state index contributed by atoms with van der Waals surface area (Å²) in [6.07, 6.45) is 15.7. The summed E-state index contributed by atoms with van der Waals surface area (Å²) in [5.41, 5.74) is 13.5. The van der Waals surface area contributed by atoms with Crippen LogP contribution in [0.4, 0.5) is 0 Å². The fraction of sp³-hybridized carbons (Fsp3) is 0.0714. The van der Waals surface area contributed by atoms with Crippen molar-refractivity contribution in [1.82, 2.24) is 9.13 Å². The van der Waals surface area contributed by atoms with Crippen molar-refractivity contribution in [2.45, 2.75) is 24.7 Å². The first-order valence-corrected chi connectivity index (χ1v) is 20.8. The smallest absolute Gasteiger partial charge is 0.138 e. The number of allylic oxidation sites excluding steroid dienone is 5. The molecule has 13 rings (SSSR count). The maximum atomic E-state index is 7.09. The van der Waals surface area contributed by atoms with Crippen molar-refractivity contribution >= 4 is 60.3 Å². The van der Waals surface area contributed by atoms with E-state index in [-0.39, 0.29) is 0 Å². The van der Waals surface area contributed by atoms with E-state index in [1.165, 1.54) is 76.7 Å². The van der Waals surface area contributed by atoms with E-state index >= 15 is 0 Å². The molecule has 0 saturated heterocycles. The number of rotatable bonds is 4. The first kappa shape index (κ1) is 32.7. The van der Waals surface area contributed by atoms with Crippen LogP contribution >= 0.6 is 0 Å². The molecule has 2 aromatic heterocycles. The predicted octanol–water partition coefficient (Wildman–Crippen LogP) is 14.8. The van der Waals surface area contributed by atoms with Gasteiger partial charge in [-0.2, -0.15) is 0 Å². The lowest BCUT2D eigenvalue weighted by molar-refractivity contribution is 0.487. The van der Waals surface area contributed by atoms with Crippen LogP contribution in [0.5, 0.6) is 11.5 Å². The van der Waals surface area contributed by atoms with Crippen molar-refractivity contribution in [2.75, 3.05) is 0 Å². The van der Waals surface area contributed by atoms with Gasteiger partial charge in [-0.25, -0.2) is 0 Å². The van der Waals surface area contributed by atoms with Crippen molar-refractivity contribution in [3.05, 3.63) is 210 Å². The lowest BCUT2D eigenvalue weighted by Crippen LogP contribution is -2.08. The normalized spacial score (nSPS) is 16.6. The van der Waals surface area contributed by atoms with Gasteiger partial charge in [0.2, 0.25) is 0 Å². The van der Waals surface area contributed by atoms with E-state index in [2.05, 4.69) is 203 Å². The van der Waals surface area contributed by atoms with Gasteiger partial charge in [-0.3, -0.25) is 0 Å². The lowest BCUT2D eigenvalue weighted by atomic mass is 9.84. The van der Waals surface area contributed by atoms with Crippen LogP contribution in [0.15, 0.2) is 188 Å². The third-order valence-electron chi connectivity index (χ3n) is 13.2. The number of para-hydroxylation sites is 2. The Hall–Kier alpha value is -7.36. The minimum atomic E-state index is 0.315. The molecule has 3 nitrogen and oxygen atoms in total. The monoisotopic (exact) mass is 754 g/mol. The van der Waals surface area contributed by atoms with E-state index in [0.29, 0.717) is 11.8 Å². The van der Waals surface area contributed by atoms with E-state index in [1.54, 1.807) is 0 Å². The third kappa shape index (κ3) is 4.88. The molecule has 278 valence electrons. The molecule has 0 radical (unpaired) electrons. The fourth-order valence-corrected chi connectivity index (χ4v) is 10.4. The van der Waals surface area contributed by atoms with Gasteiger partial charge in [0.25, 0.3) is 0 Å². The van der Waals surface area contributed by atoms with Crippen LogP contribution in [-0.4, -0.2) is 9.13 Å². The standard InChI is InChI=1S/C56H38N2O/c1-2-12-35(13-3-1)37-16-10-17-38(30-37)40-25-29-51-48(32-40)43-18-6-8-22-49(43)57(51)42-27-28-44-45-20-11-21-47-55-46-19-7-9-23-50(46)58(41-26-24-36-14-4-5-15-39(36)31-41)52(55)34-54(56(45)47)59-53(44)33-42/h1-12,14-31,33-35,40H,13,32H2. The quantitative estimate of drug-likeness (QED) is 0.175. The average Bonchev–Trinajstić information content (AvgIpc) is 3.81. The minimum Gasteiger partial charge on any atom is -0.456 e. The number of aromatic nitrogens is 2. The molecule has 10 aromatic rings. The molecular formula is C56H38N2O. The molecule has 2 unspecified atom stereocenters. The Kier molecular flexibility index (Phi) is 6.97. The summed E-state index contributed by atoms with van der Waals surface area (Å²) >= 11 is 0. The number of nitrogens with zero attached hydrogens (tertiary/aromatic N) is 2. The first-order chi connectivity index (χ1) is 29.2. The molecule has 0 amide bonds. The van der Waals surface area contributed by atoms with E-state index in [1.807, 2.05) is 0 Å². The Morgan fingerprint density at radius 1 is 0.475 bits per heavy atom. The van der Waals surface area contributed by atoms with Crippen LogP contribution < -0.4 is 4.74 Å². The molecule has 8 aromatic carbocycles. The molecular weight excluding hydrogens is 717 g/mol. The Morgan fingerprint density at radius 3 is 2.10 bits per heavy atom. The average molecular weight is 755 g/mol. The van der Waals surface area contributed by atoms with Gasteiger partial charge in [0.15, 0.2) is 0 Å². The van der Waals surface area contributed by atoms with Crippen LogP contribution in [0.25, 0.3) is 82.8 Å². The SMILES string of the molecule is C1=CCC(c2cccc(C3C=Cc4c(c5ccccc5n4-c4ccc5c(c4)Oc4cc6c(c7cccc-5c47)c4ccccc4n6-c4ccc5ccccc5c4)C3)c2)C=C1. The molecule has 3 aliphatic rings. The molecule has 0 saturated carbocycles. The summed E-state index contributed by atoms with van der Waals surface area (Å²) in [5.74, 6) is 2.52. The second kappa shape index (κ2) is 12.6. The predicted molar refractivity (Wildman–Crippen MR) is 246 cm³/mol. The molecule has 3 heterocycles. The molecule has 0 spiro atoms.